The lowest BCUT2D eigenvalue weighted by molar-refractivity contribution is 0.0996. The standard InChI is InChI=1S/C13H16F2N2O/c14-10-6-11(15)12(5-9(10)13(16)18)17-7-8-3-1-2-4-8/h5-6,8,17H,1-4,7H2,(H2,16,18). The molecular formula is C13H16F2N2O. The summed E-state index contributed by atoms with van der Waals surface area (Å²) < 4.78 is 26.8. The van der Waals surface area contributed by atoms with Crippen LogP contribution < -0.4 is 11.1 Å². The smallest absolute Gasteiger partial charge is 0.251 e. The van der Waals surface area contributed by atoms with Crippen molar-refractivity contribution in [2.75, 3.05) is 11.9 Å². The molecular weight excluding hydrogens is 238 g/mol. The number of primary amides is 1. The van der Waals surface area contributed by atoms with Gasteiger partial charge in [0.1, 0.15) is 11.6 Å². The molecule has 2 rings (SSSR count). The molecule has 1 aliphatic carbocycles. The summed E-state index contributed by atoms with van der Waals surface area (Å²) >= 11 is 0. The predicted molar refractivity (Wildman–Crippen MR) is 65.3 cm³/mol. The Hall–Kier alpha value is -1.65. The van der Waals surface area contributed by atoms with E-state index in [1.54, 1.807) is 0 Å². The van der Waals surface area contributed by atoms with Crippen LogP contribution in [0.4, 0.5) is 14.5 Å². The maximum absolute atomic E-state index is 13.5. The van der Waals surface area contributed by atoms with Crippen LogP contribution in [-0.2, 0) is 0 Å². The monoisotopic (exact) mass is 254 g/mol. The fraction of sp³-hybridized carbons (Fsp3) is 0.462. The quantitative estimate of drug-likeness (QED) is 0.867. The van der Waals surface area contributed by atoms with E-state index in [1.807, 2.05) is 0 Å². The fourth-order valence-corrected chi connectivity index (χ4v) is 2.34. The van der Waals surface area contributed by atoms with Crippen LogP contribution in [0, 0.1) is 17.6 Å². The molecule has 0 heterocycles. The zero-order chi connectivity index (χ0) is 13.1. The van der Waals surface area contributed by atoms with Crippen molar-refractivity contribution in [3.63, 3.8) is 0 Å². The second kappa shape index (κ2) is 5.33. The number of hydrogen-bond acceptors (Lipinski definition) is 2. The molecule has 1 aromatic rings. The van der Waals surface area contributed by atoms with Gasteiger partial charge in [-0.25, -0.2) is 8.78 Å². The lowest BCUT2D eigenvalue weighted by atomic mass is 10.1. The molecule has 0 aliphatic heterocycles. The first-order valence-corrected chi connectivity index (χ1v) is 6.10. The summed E-state index contributed by atoms with van der Waals surface area (Å²) in [7, 11) is 0. The van der Waals surface area contributed by atoms with Gasteiger partial charge in [0.2, 0.25) is 0 Å². The number of rotatable bonds is 4. The summed E-state index contributed by atoms with van der Waals surface area (Å²) in [6, 6.07) is 1.83. The number of hydrogen-bond donors (Lipinski definition) is 2. The van der Waals surface area contributed by atoms with Crippen LogP contribution in [0.1, 0.15) is 36.0 Å². The van der Waals surface area contributed by atoms with Gasteiger partial charge < -0.3 is 11.1 Å². The average molecular weight is 254 g/mol. The zero-order valence-corrected chi connectivity index (χ0v) is 10.0. The average Bonchev–Trinajstić information content (AvgIpc) is 2.80. The number of carbonyl (C=O) groups is 1. The van der Waals surface area contributed by atoms with Crippen molar-refractivity contribution >= 4 is 11.6 Å². The summed E-state index contributed by atoms with van der Waals surface area (Å²) in [5.41, 5.74) is 4.87. The molecule has 0 unspecified atom stereocenters. The van der Waals surface area contributed by atoms with Gasteiger partial charge >= 0.3 is 0 Å². The minimum atomic E-state index is -0.925. The second-order valence-corrected chi connectivity index (χ2v) is 4.71. The molecule has 3 nitrogen and oxygen atoms in total. The van der Waals surface area contributed by atoms with Crippen molar-refractivity contribution in [3.05, 3.63) is 29.3 Å². The van der Waals surface area contributed by atoms with Gasteiger partial charge in [-0.3, -0.25) is 4.79 Å². The predicted octanol–water partition coefficient (Wildman–Crippen LogP) is 2.67. The molecule has 5 heteroatoms. The molecule has 1 aliphatic rings. The highest BCUT2D eigenvalue weighted by Crippen LogP contribution is 2.26. The second-order valence-electron chi connectivity index (χ2n) is 4.71. The molecule has 3 N–H and O–H groups in total. The lowest BCUT2D eigenvalue weighted by Gasteiger charge is -2.13. The van der Waals surface area contributed by atoms with Crippen LogP contribution in [-0.4, -0.2) is 12.5 Å². The van der Waals surface area contributed by atoms with Crippen LogP contribution in [0.5, 0.6) is 0 Å². The molecule has 1 amide bonds. The van der Waals surface area contributed by atoms with E-state index in [0.717, 1.165) is 18.9 Å². The van der Waals surface area contributed by atoms with Gasteiger partial charge in [-0.1, -0.05) is 12.8 Å². The van der Waals surface area contributed by atoms with Crippen molar-refractivity contribution in [2.24, 2.45) is 11.7 Å². The molecule has 0 saturated heterocycles. The highest BCUT2D eigenvalue weighted by Gasteiger charge is 2.17. The first-order valence-electron chi connectivity index (χ1n) is 6.10. The van der Waals surface area contributed by atoms with E-state index in [0.29, 0.717) is 18.5 Å². The zero-order valence-electron chi connectivity index (χ0n) is 10.0. The molecule has 18 heavy (non-hydrogen) atoms. The SMILES string of the molecule is NC(=O)c1cc(NCC2CCCC2)c(F)cc1F. The molecule has 1 aromatic carbocycles. The number of amides is 1. The third-order valence-electron chi connectivity index (χ3n) is 3.38. The number of carbonyl (C=O) groups excluding carboxylic acids is 1. The van der Waals surface area contributed by atoms with Gasteiger partial charge in [0.25, 0.3) is 5.91 Å². The molecule has 0 aromatic heterocycles. The maximum Gasteiger partial charge on any atom is 0.251 e. The Morgan fingerprint density at radius 3 is 2.56 bits per heavy atom. The Kier molecular flexibility index (Phi) is 3.79. The highest BCUT2D eigenvalue weighted by atomic mass is 19.1. The van der Waals surface area contributed by atoms with Crippen LogP contribution >= 0.6 is 0 Å². The molecule has 0 spiro atoms. The van der Waals surface area contributed by atoms with E-state index < -0.39 is 17.5 Å². The van der Waals surface area contributed by atoms with Gasteiger partial charge in [0, 0.05) is 12.6 Å². The molecule has 1 fully saturated rings. The largest absolute Gasteiger partial charge is 0.382 e. The van der Waals surface area contributed by atoms with Crippen LogP contribution in [0.15, 0.2) is 12.1 Å². The minimum Gasteiger partial charge on any atom is -0.382 e. The number of anilines is 1. The molecule has 1 saturated carbocycles. The normalized spacial score (nSPS) is 15.9. The van der Waals surface area contributed by atoms with Crippen LogP contribution in [0.25, 0.3) is 0 Å². The minimum absolute atomic E-state index is 0.136. The van der Waals surface area contributed by atoms with Crippen LogP contribution in [0.3, 0.4) is 0 Å². The number of benzene rings is 1. The van der Waals surface area contributed by atoms with Gasteiger partial charge in [-0.15, -0.1) is 0 Å². The van der Waals surface area contributed by atoms with Crippen molar-refractivity contribution in [2.45, 2.75) is 25.7 Å². The Bertz CT molecular complexity index is 457. The van der Waals surface area contributed by atoms with Crippen molar-refractivity contribution in [1.29, 1.82) is 0 Å². The van der Waals surface area contributed by atoms with Crippen molar-refractivity contribution in [1.82, 2.24) is 0 Å². The Balaban J connectivity index is 2.11. The van der Waals surface area contributed by atoms with Gasteiger partial charge in [-0.2, -0.15) is 0 Å². The molecule has 0 radical (unpaired) electrons. The highest BCUT2D eigenvalue weighted by molar-refractivity contribution is 5.94. The maximum atomic E-state index is 13.5. The number of nitrogens with one attached hydrogen (secondary N) is 1. The first-order chi connectivity index (χ1) is 8.58. The third kappa shape index (κ3) is 2.78. The third-order valence-corrected chi connectivity index (χ3v) is 3.38. The van der Waals surface area contributed by atoms with Crippen molar-refractivity contribution < 1.29 is 13.6 Å². The molecule has 98 valence electrons. The molecule has 0 bridgehead atoms. The van der Waals surface area contributed by atoms with E-state index in [2.05, 4.69) is 5.32 Å². The Morgan fingerprint density at radius 1 is 1.28 bits per heavy atom. The van der Waals surface area contributed by atoms with E-state index in [1.165, 1.54) is 12.8 Å². The first kappa shape index (κ1) is 12.8. The van der Waals surface area contributed by atoms with E-state index in [9.17, 15) is 13.6 Å². The summed E-state index contributed by atoms with van der Waals surface area (Å²) in [5.74, 6) is -2.00. The topological polar surface area (TPSA) is 55.1 Å². The summed E-state index contributed by atoms with van der Waals surface area (Å²) in [4.78, 5) is 11.0. The Morgan fingerprint density at radius 2 is 1.94 bits per heavy atom. The van der Waals surface area contributed by atoms with Gasteiger partial charge in [0.05, 0.1) is 11.3 Å². The van der Waals surface area contributed by atoms with E-state index >= 15 is 0 Å². The lowest BCUT2D eigenvalue weighted by Crippen LogP contribution is -2.16. The van der Waals surface area contributed by atoms with E-state index in [-0.39, 0.29) is 11.3 Å². The van der Waals surface area contributed by atoms with Gasteiger partial charge in [-0.05, 0) is 24.8 Å². The molecule has 0 atom stereocenters. The van der Waals surface area contributed by atoms with Gasteiger partial charge in [0.15, 0.2) is 0 Å². The fourth-order valence-electron chi connectivity index (χ4n) is 2.34. The summed E-state index contributed by atoms with van der Waals surface area (Å²) in [6.45, 7) is 0.640. The summed E-state index contributed by atoms with van der Waals surface area (Å²) in [6.07, 6.45) is 4.65. The number of halogens is 2. The summed E-state index contributed by atoms with van der Waals surface area (Å²) in [5, 5.41) is 2.93. The van der Waals surface area contributed by atoms with Crippen molar-refractivity contribution in [3.8, 4) is 0 Å². The van der Waals surface area contributed by atoms with Crippen LogP contribution in [0.2, 0.25) is 0 Å². The van der Waals surface area contributed by atoms with E-state index in [4.69, 9.17) is 5.73 Å². The Labute approximate surface area is 104 Å². The number of nitrogens with two attached hydrogens (primary N) is 1.